The molecule has 0 bridgehead atoms. The van der Waals surface area contributed by atoms with Gasteiger partial charge in [-0.05, 0) is 80.1 Å². The van der Waals surface area contributed by atoms with Crippen LogP contribution in [-0.4, -0.2) is 38.6 Å². The first-order valence-electron chi connectivity index (χ1n) is 13.2. The molecule has 0 unspecified atom stereocenters. The zero-order valence-corrected chi connectivity index (χ0v) is 24.8. The van der Waals surface area contributed by atoms with Crippen LogP contribution in [0.25, 0.3) is 22.3 Å². The number of aliphatic hydroxyl groups is 1. The highest BCUT2D eigenvalue weighted by Gasteiger charge is 2.40. The van der Waals surface area contributed by atoms with Crippen LogP contribution in [0, 0.1) is 12.8 Å². The number of benzene rings is 1. The van der Waals surface area contributed by atoms with E-state index in [-0.39, 0.29) is 43.4 Å². The Kier molecular flexibility index (Phi) is 8.42. The van der Waals surface area contributed by atoms with Crippen LogP contribution in [0.2, 0.25) is 5.02 Å². The number of carbonyl (C=O) groups is 1. The summed E-state index contributed by atoms with van der Waals surface area (Å²) in [7, 11) is 0. The fourth-order valence-corrected chi connectivity index (χ4v) is 6.27. The quantitative estimate of drug-likeness (QED) is 0.315. The van der Waals surface area contributed by atoms with E-state index in [9.17, 15) is 14.7 Å². The highest BCUT2D eigenvalue weighted by molar-refractivity contribution is 6.32. The van der Waals surface area contributed by atoms with Crippen LogP contribution in [0.1, 0.15) is 67.3 Å². The number of carbonyl (C=O) groups excluding carboxylic acids is 1. The molecule has 10 heteroatoms. The van der Waals surface area contributed by atoms with E-state index in [0.717, 1.165) is 53.3 Å². The highest BCUT2D eigenvalue weighted by atomic mass is 35.5. The normalized spacial score (nSPS) is 20.8. The van der Waals surface area contributed by atoms with Gasteiger partial charge in [0.2, 0.25) is 0 Å². The molecule has 0 amide bonds. The number of cyclic esters (lactones) is 1. The number of aryl methyl sites for hydroxylation is 1. The van der Waals surface area contributed by atoms with E-state index in [1.807, 2.05) is 26.0 Å². The molecule has 0 aliphatic carbocycles. The minimum atomic E-state index is -1.45. The van der Waals surface area contributed by atoms with Crippen LogP contribution in [0.3, 0.4) is 0 Å². The summed E-state index contributed by atoms with van der Waals surface area (Å²) >= 11 is 6.52. The third kappa shape index (κ3) is 4.97. The fraction of sp³-hybridized carbons (Fsp3) is 0.483. The highest BCUT2D eigenvalue weighted by Crippen LogP contribution is 2.41. The molecule has 7 nitrogen and oxygen atoms in total. The monoisotopic (exact) mass is 593 g/mol. The van der Waals surface area contributed by atoms with Gasteiger partial charge in [0.1, 0.15) is 12.2 Å². The number of hydrogen-bond donors (Lipinski definition) is 1. The van der Waals surface area contributed by atoms with Crippen molar-refractivity contribution in [2.75, 3.05) is 13.1 Å². The number of piperidine rings is 1. The number of ether oxygens (including phenoxy) is 1. The summed E-state index contributed by atoms with van der Waals surface area (Å²) < 4.78 is 7.04. The number of hydrogen-bond acceptors (Lipinski definition) is 6. The van der Waals surface area contributed by atoms with Gasteiger partial charge in [0.05, 0.1) is 35.4 Å². The number of halogens is 3. The molecule has 1 atom stereocenters. The minimum absolute atomic E-state index is 0. The molecule has 210 valence electrons. The molecule has 0 saturated carbocycles. The Labute approximate surface area is 245 Å². The van der Waals surface area contributed by atoms with E-state index in [0.29, 0.717) is 34.8 Å². The van der Waals surface area contributed by atoms with Gasteiger partial charge in [-0.2, -0.15) is 0 Å². The van der Waals surface area contributed by atoms with Crippen molar-refractivity contribution in [1.29, 1.82) is 0 Å². The number of rotatable bonds is 3. The van der Waals surface area contributed by atoms with Gasteiger partial charge in [0.15, 0.2) is 0 Å². The first-order chi connectivity index (χ1) is 17.7. The second-order valence-electron chi connectivity index (χ2n) is 11.0. The van der Waals surface area contributed by atoms with Gasteiger partial charge < -0.3 is 14.4 Å². The minimum Gasteiger partial charge on any atom is -0.460 e. The first-order valence-corrected chi connectivity index (χ1v) is 13.6. The molecule has 3 aliphatic heterocycles. The van der Waals surface area contributed by atoms with Crippen LogP contribution in [0.5, 0.6) is 0 Å². The molecule has 1 saturated heterocycles. The Balaban J connectivity index is 0.00000176. The Morgan fingerprint density at radius 2 is 1.87 bits per heavy atom. The average molecular weight is 595 g/mol. The van der Waals surface area contributed by atoms with E-state index < -0.39 is 11.6 Å². The number of likely N-dealkylation sites (tertiary alicyclic amines) is 1. The zero-order chi connectivity index (χ0) is 26.1. The Bertz CT molecular complexity index is 1510. The maximum Gasteiger partial charge on any atom is 0.309 e. The summed E-state index contributed by atoms with van der Waals surface area (Å²) in [5.74, 6) is 0.236. The van der Waals surface area contributed by atoms with Gasteiger partial charge in [-0.15, -0.1) is 24.8 Å². The summed E-state index contributed by atoms with van der Waals surface area (Å²) in [4.78, 5) is 33.5. The molecule has 2 aromatic heterocycles. The van der Waals surface area contributed by atoms with Gasteiger partial charge in [-0.1, -0.05) is 25.4 Å². The van der Waals surface area contributed by atoms with Gasteiger partial charge in [-0.3, -0.25) is 14.5 Å². The first kappa shape index (κ1) is 29.8. The van der Waals surface area contributed by atoms with Gasteiger partial charge >= 0.3 is 5.97 Å². The van der Waals surface area contributed by atoms with Crippen LogP contribution in [-0.2, 0) is 34.8 Å². The van der Waals surface area contributed by atoms with E-state index in [4.69, 9.17) is 21.3 Å². The van der Waals surface area contributed by atoms with Crippen molar-refractivity contribution in [3.8, 4) is 11.4 Å². The molecule has 3 aliphatic rings. The molecule has 5 heterocycles. The number of fused-ring (bicyclic) bond motifs is 5. The van der Waals surface area contributed by atoms with Crippen LogP contribution in [0.4, 0.5) is 0 Å². The number of esters is 1. The second-order valence-corrected chi connectivity index (χ2v) is 11.4. The van der Waals surface area contributed by atoms with E-state index in [1.54, 1.807) is 4.57 Å². The number of nitrogens with zero attached hydrogens (tertiary/aromatic N) is 3. The molecule has 0 spiro atoms. The number of aromatic nitrogens is 2. The summed E-state index contributed by atoms with van der Waals surface area (Å²) in [6.07, 6.45) is 2.47. The third-order valence-corrected chi connectivity index (χ3v) is 9.01. The Hall–Kier alpha value is -2.16. The zero-order valence-electron chi connectivity index (χ0n) is 22.4. The smallest absolute Gasteiger partial charge is 0.309 e. The van der Waals surface area contributed by atoms with Crippen molar-refractivity contribution in [1.82, 2.24) is 14.5 Å². The number of pyridine rings is 2. The van der Waals surface area contributed by atoms with E-state index >= 15 is 0 Å². The van der Waals surface area contributed by atoms with Crippen molar-refractivity contribution < 1.29 is 14.6 Å². The van der Waals surface area contributed by atoms with Crippen molar-refractivity contribution in [3.05, 3.63) is 61.4 Å². The van der Waals surface area contributed by atoms with Crippen molar-refractivity contribution in [2.45, 2.75) is 71.8 Å². The lowest BCUT2D eigenvalue weighted by Crippen LogP contribution is -2.33. The SMILES string of the molecule is CC[C@@]1(O)CC(=O)OCc2c1cc1n(c2=O)Cc2c-1nc1cc(Cl)c(C)cc1c2CN1CCC(C)CC1.Cl.Cl. The predicted molar refractivity (Wildman–Crippen MR) is 157 cm³/mol. The molecule has 39 heavy (non-hydrogen) atoms. The van der Waals surface area contributed by atoms with Crippen LogP contribution >= 0.6 is 36.4 Å². The Morgan fingerprint density at radius 3 is 2.56 bits per heavy atom. The molecular formula is C29H34Cl3N3O4. The fourth-order valence-electron chi connectivity index (χ4n) is 6.11. The maximum atomic E-state index is 13.8. The summed E-state index contributed by atoms with van der Waals surface area (Å²) in [6.45, 7) is 9.27. The molecule has 3 aromatic rings. The largest absolute Gasteiger partial charge is 0.460 e. The lowest BCUT2D eigenvalue weighted by molar-refractivity contribution is -0.149. The summed E-state index contributed by atoms with van der Waals surface area (Å²) in [6, 6.07) is 5.88. The summed E-state index contributed by atoms with van der Waals surface area (Å²) in [5, 5.41) is 13.2. The van der Waals surface area contributed by atoms with Crippen LogP contribution in [0.15, 0.2) is 23.0 Å². The lowest BCUT2D eigenvalue weighted by atomic mass is 9.85. The third-order valence-electron chi connectivity index (χ3n) is 8.60. The van der Waals surface area contributed by atoms with Crippen LogP contribution < -0.4 is 5.56 Å². The molecule has 6 rings (SSSR count). The summed E-state index contributed by atoms with van der Waals surface area (Å²) in [5.41, 5.74) is 4.59. The van der Waals surface area contributed by atoms with Gasteiger partial charge in [0.25, 0.3) is 5.56 Å². The topological polar surface area (TPSA) is 84.7 Å². The van der Waals surface area contributed by atoms with E-state index in [2.05, 4.69) is 17.9 Å². The molecule has 1 fully saturated rings. The van der Waals surface area contributed by atoms with E-state index in [1.165, 1.54) is 18.4 Å². The van der Waals surface area contributed by atoms with Gasteiger partial charge in [0, 0.05) is 22.5 Å². The maximum absolute atomic E-state index is 13.8. The Morgan fingerprint density at radius 1 is 1.15 bits per heavy atom. The standard InChI is InChI=1S/C29H32ClN3O4.2ClH/c1-4-29(36)12-26(34)37-15-21-22(29)10-25-27-20(14-33(25)28(21)35)19(13-32-7-5-16(2)6-8-32)18-9-17(3)23(30)11-24(18)31-27;;/h9-11,16,36H,4-8,12-15H2,1-3H3;2*1H/t29-;;/m1../s1. The molecular weight excluding hydrogens is 561 g/mol. The van der Waals surface area contributed by atoms with Crippen molar-refractivity contribution in [2.24, 2.45) is 5.92 Å². The van der Waals surface area contributed by atoms with Crippen molar-refractivity contribution in [3.63, 3.8) is 0 Å². The van der Waals surface area contributed by atoms with Gasteiger partial charge in [-0.25, -0.2) is 4.98 Å². The molecule has 1 aromatic carbocycles. The van der Waals surface area contributed by atoms with Crippen molar-refractivity contribution >= 4 is 53.3 Å². The lowest BCUT2D eigenvalue weighted by Gasteiger charge is -2.31. The molecule has 1 N–H and O–H groups in total. The average Bonchev–Trinajstić information content (AvgIpc) is 3.17. The second kappa shape index (κ2) is 11.0. The predicted octanol–water partition coefficient (Wildman–Crippen LogP) is 5.51. The molecule has 0 radical (unpaired) electrons.